The van der Waals surface area contributed by atoms with Crippen molar-refractivity contribution in [2.45, 2.75) is 24.6 Å². The predicted octanol–water partition coefficient (Wildman–Crippen LogP) is 3.63. The number of ether oxygens (including phenoxy) is 1. The fourth-order valence-electron chi connectivity index (χ4n) is 1.36. The van der Waals surface area contributed by atoms with E-state index in [1.807, 2.05) is 13.0 Å². The molecule has 0 aromatic heterocycles. The lowest BCUT2D eigenvalue weighted by Crippen LogP contribution is -2.15. The Kier molecular flexibility index (Phi) is 5.29. The van der Waals surface area contributed by atoms with Crippen molar-refractivity contribution in [1.29, 1.82) is 0 Å². The van der Waals surface area contributed by atoms with Crippen LogP contribution in [0.1, 0.15) is 18.9 Å². The zero-order chi connectivity index (χ0) is 12.1. The fourth-order valence-corrected chi connectivity index (χ4v) is 2.23. The molecular formula is C12H14BrClO2. The Morgan fingerprint density at radius 1 is 1.56 bits per heavy atom. The molecule has 0 aliphatic rings. The van der Waals surface area contributed by atoms with Gasteiger partial charge in [-0.2, -0.15) is 0 Å². The second kappa shape index (κ2) is 6.26. The van der Waals surface area contributed by atoms with E-state index in [1.165, 1.54) is 0 Å². The smallest absolute Gasteiger partial charge is 0.146 e. The highest BCUT2D eigenvalue weighted by atomic mass is 79.9. The number of benzene rings is 1. The molecule has 0 saturated heterocycles. The van der Waals surface area contributed by atoms with Gasteiger partial charge in [-0.15, -0.1) is 0 Å². The highest BCUT2D eigenvalue weighted by molar-refractivity contribution is 9.10. The molecule has 1 rings (SSSR count). The molecule has 0 aliphatic heterocycles. The average Bonchev–Trinajstić information content (AvgIpc) is 2.30. The zero-order valence-corrected chi connectivity index (χ0v) is 11.6. The van der Waals surface area contributed by atoms with Gasteiger partial charge in [-0.1, -0.05) is 34.5 Å². The average molecular weight is 306 g/mol. The lowest BCUT2D eigenvalue weighted by atomic mass is 10.1. The second-order valence-electron chi connectivity index (χ2n) is 3.45. The summed E-state index contributed by atoms with van der Waals surface area (Å²) >= 11 is 9.43. The van der Waals surface area contributed by atoms with Gasteiger partial charge in [0.25, 0.3) is 0 Å². The first-order valence-electron chi connectivity index (χ1n) is 5.07. The van der Waals surface area contributed by atoms with Gasteiger partial charge in [0.1, 0.15) is 11.5 Å². The number of methoxy groups -OCH3 is 1. The fraction of sp³-hybridized carbons (Fsp3) is 0.417. The minimum absolute atomic E-state index is 0.179. The topological polar surface area (TPSA) is 26.3 Å². The quantitative estimate of drug-likeness (QED) is 0.777. The lowest BCUT2D eigenvalue weighted by molar-refractivity contribution is -0.118. The maximum absolute atomic E-state index is 11.5. The van der Waals surface area contributed by atoms with Gasteiger partial charge < -0.3 is 4.74 Å². The largest absolute Gasteiger partial charge is 0.497 e. The van der Waals surface area contributed by atoms with Crippen molar-refractivity contribution in [3.63, 3.8) is 0 Å². The summed E-state index contributed by atoms with van der Waals surface area (Å²) < 4.78 is 5.12. The van der Waals surface area contributed by atoms with Crippen molar-refractivity contribution in [3.05, 3.63) is 28.8 Å². The summed E-state index contributed by atoms with van der Waals surface area (Å²) in [7, 11) is 1.61. The summed E-state index contributed by atoms with van der Waals surface area (Å²) in [5.74, 6) is 0.932. The van der Waals surface area contributed by atoms with E-state index in [0.29, 0.717) is 17.9 Å². The maximum atomic E-state index is 11.5. The van der Waals surface area contributed by atoms with Crippen LogP contribution in [0.4, 0.5) is 0 Å². The Balaban J connectivity index is 2.83. The van der Waals surface area contributed by atoms with Crippen molar-refractivity contribution >= 4 is 33.3 Å². The Morgan fingerprint density at radius 2 is 2.25 bits per heavy atom. The molecule has 1 aromatic rings. The number of carbonyl (C=O) groups excluding carboxylic acids is 1. The minimum Gasteiger partial charge on any atom is -0.497 e. The van der Waals surface area contributed by atoms with Crippen LogP contribution in [-0.4, -0.2) is 17.7 Å². The van der Waals surface area contributed by atoms with E-state index in [2.05, 4.69) is 15.9 Å². The third-order valence-electron chi connectivity index (χ3n) is 2.35. The number of alkyl halides is 1. The monoisotopic (exact) mass is 304 g/mol. The van der Waals surface area contributed by atoms with Gasteiger partial charge in [0, 0.05) is 11.4 Å². The van der Waals surface area contributed by atoms with E-state index in [4.69, 9.17) is 16.3 Å². The van der Waals surface area contributed by atoms with Crippen LogP contribution in [0.2, 0.25) is 5.02 Å². The molecule has 0 spiro atoms. The molecule has 88 valence electrons. The molecule has 0 heterocycles. The second-order valence-corrected chi connectivity index (χ2v) is 4.96. The van der Waals surface area contributed by atoms with Gasteiger partial charge in [0.2, 0.25) is 0 Å². The van der Waals surface area contributed by atoms with Crippen molar-refractivity contribution in [1.82, 2.24) is 0 Å². The van der Waals surface area contributed by atoms with Crippen LogP contribution in [0.3, 0.4) is 0 Å². The van der Waals surface area contributed by atoms with Crippen LogP contribution in [0, 0.1) is 0 Å². The molecule has 0 fully saturated rings. The highest BCUT2D eigenvalue weighted by Crippen LogP contribution is 2.25. The van der Waals surface area contributed by atoms with Gasteiger partial charge in [0.05, 0.1) is 11.9 Å². The minimum atomic E-state index is -0.179. The van der Waals surface area contributed by atoms with E-state index in [9.17, 15) is 4.79 Å². The number of carbonyl (C=O) groups is 1. The van der Waals surface area contributed by atoms with Crippen molar-refractivity contribution in [2.75, 3.05) is 7.11 Å². The number of hydrogen-bond donors (Lipinski definition) is 0. The lowest BCUT2D eigenvalue weighted by Gasteiger charge is -2.10. The van der Waals surface area contributed by atoms with Gasteiger partial charge in [-0.3, -0.25) is 4.79 Å². The highest BCUT2D eigenvalue weighted by Gasteiger charge is 2.15. The Morgan fingerprint density at radius 3 is 2.81 bits per heavy atom. The first kappa shape index (κ1) is 13.5. The molecule has 0 bridgehead atoms. The predicted molar refractivity (Wildman–Crippen MR) is 69.7 cm³/mol. The van der Waals surface area contributed by atoms with E-state index >= 15 is 0 Å². The van der Waals surface area contributed by atoms with Crippen LogP contribution < -0.4 is 4.74 Å². The van der Waals surface area contributed by atoms with E-state index < -0.39 is 0 Å². The molecule has 2 nitrogen and oxygen atoms in total. The summed E-state index contributed by atoms with van der Waals surface area (Å²) in [6.45, 7) is 1.85. The summed E-state index contributed by atoms with van der Waals surface area (Å²) in [6, 6.07) is 5.45. The molecule has 1 aromatic carbocycles. The Bertz CT molecular complexity index is 379. The van der Waals surface area contributed by atoms with Crippen LogP contribution in [-0.2, 0) is 11.2 Å². The van der Waals surface area contributed by atoms with Gasteiger partial charge in [-0.05, 0) is 30.2 Å². The van der Waals surface area contributed by atoms with Gasteiger partial charge >= 0.3 is 0 Å². The van der Waals surface area contributed by atoms with Gasteiger partial charge in [0.15, 0.2) is 0 Å². The third kappa shape index (κ3) is 3.49. The van der Waals surface area contributed by atoms with Crippen molar-refractivity contribution < 1.29 is 9.53 Å². The molecule has 0 radical (unpaired) electrons. The van der Waals surface area contributed by atoms with E-state index in [-0.39, 0.29) is 10.6 Å². The molecule has 0 saturated carbocycles. The van der Waals surface area contributed by atoms with Crippen molar-refractivity contribution in [2.24, 2.45) is 0 Å². The van der Waals surface area contributed by atoms with Crippen LogP contribution in [0.5, 0.6) is 5.75 Å². The molecule has 16 heavy (non-hydrogen) atoms. The molecular weight excluding hydrogens is 291 g/mol. The molecule has 1 atom stereocenters. The molecule has 1 unspecified atom stereocenters. The number of halogens is 2. The van der Waals surface area contributed by atoms with Crippen LogP contribution >= 0.6 is 27.5 Å². The van der Waals surface area contributed by atoms with E-state index in [0.717, 1.165) is 11.3 Å². The molecule has 0 amide bonds. The number of ketones is 1. The molecule has 0 N–H and O–H groups in total. The summed E-state index contributed by atoms with van der Waals surface area (Å²) in [5.41, 5.74) is 0.921. The maximum Gasteiger partial charge on any atom is 0.146 e. The number of hydrogen-bond acceptors (Lipinski definition) is 2. The summed E-state index contributed by atoms with van der Waals surface area (Å²) in [5, 5.41) is 0.661. The number of rotatable bonds is 5. The first-order chi connectivity index (χ1) is 7.58. The standard InChI is InChI=1S/C12H14BrClO2/c1-3-12(15)10(13)7-8-6-9(16-2)4-5-11(8)14/h4-6,10H,3,7H2,1-2H3. The summed E-state index contributed by atoms with van der Waals surface area (Å²) in [6.07, 6.45) is 1.11. The van der Waals surface area contributed by atoms with Gasteiger partial charge in [-0.25, -0.2) is 0 Å². The Labute approximate surface area is 109 Å². The molecule has 0 aliphatic carbocycles. The normalized spacial score (nSPS) is 12.2. The van der Waals surface area contributed by atoms with Crippen LogP contribution in [0.15, 0.2) is 18.2 Å². The third-order valence-corrected chi connectivity index (χ3v) is 3.55. The number of Topliss-reactive ketones (excluding diaryl/α,β-unsaturated/α-hetero) is 1. The van der Waals surface area contributed by atoms with E-state index in [1.54, 1.807) is 19.2 Å². The van der Waals surface area contributed by atoms with Crippen molar-refractivity contribution in [3.8, 4) is 5.75 Å². The SMILES string of the molecule is CCC(=O)C(Br)Cc1cc(OC)ccc1Cl. The van der Waals surface area contributed by atoms with Crippen LogP contribution in [0.25, 0.3) is 0 Å². The zero-order valence-electron chi connectivity index (χ0n) is 9.30. The summed E-state index contributed by atoms with van der Waals surface area (Å²) in [4.78, 5) is 11.3. The Hall–Kier alpha value is -0.540. The first-order valence-corrected chi connectivity index (χ1v) is 6.37. The molecule has 4 heteroatoms.